The first-order valence-corrected chi connectivity index (χ1v) is 10.7. The SMILES string of the molecule is Cc1cccc(CNC(=O)c2coc(CN3CCN(c4cccc(C(F)(F)F)c4)CC3)n2)c1. The number of alkyl halides is 3. The number of hydrogen-bond donors (Lipinski definition) is 1. The van der Waals surface area contributed by atoms with Crippen molar-refractivity contribution in [3.8, 4) is 0 Å². The molecule has 1 N–H and O–H groups in total. The maximum Gasteiger partial charge on any atom is 0.416 e. The monoisotopic (exact) mass is 458 g/mol. The molecule has 1 fully saturated rings. The molecule has 0 saturated carbocycles. The van der Waals surface area contributed by atoms with Crippen molar-refractivity contribution in [1.29, 1.82) is 0 Å². The van der Waals surface area contributed by atoms with Crippen LogP contribution < -0.4 is 10.2 Å². The van der Waals surface area contributed by atoms with Crippen LogP contribution in [0.15, 0.2) is 59.2 Å². The molecule has 0 unspecified atom stereocenters. The Morgan fingerprint density at radius 1 is 1.09 bits per heavy atom. The molecule has 1 amide bonds. The molecule has 2 heterocycles. The minimum Gasteiger partial charge on any atom is -0.447 e. The normalized spacial score (nSPS) is 15.0. The molecule has 1 aromatic heterocycles. The van der Waals surface area contributed by atoms with E-state index in [0.29, 0.717) is 50.8 Å². The number of carbonyl (C=O) groups excluding carboxylic acids is 1. The van der Waals surface area contributed by atoms with Crippen LogP contribution in [0, 0.1) is 6.92 Å². The molecule has 1 saturated heterocycles. The Balaban J connectivity index is 1.28. The van der Waals surface area contributed by atoms with Gasteiger partial charge in [0.15, 0.2) is 5.69 Å². The van der Waals surface area contributed by atoms with Gasteiger partial charge in [-0.2, -0.15) is 13.2 Å². The minimum atomic E-state index is -4.35. The number of aromatic nitrogens is 1. The third-order valence-corrected chi connectivity index (χ3v) is 5.59. The van der Waals surface area contributed by atoms with E-state index in [0.717, 1.165) is 17.2 Å². The Bertz CT molecular complexity index is 1100. The van der Waals surface area contributed by atoms with E-state index in [-0.39, 0.29) is 11.6 Å². The first-order valence-electron chi connectivity index (χ1n) is 10.7. The van der Waals surface area contributed by atoms with Crippen LogP contribution in [0.25, 0.3) is 0 Å². The van der Waals surface area contributed by atoms with Gasteiger partial charge < -0.3 is 14.6 Å². The summed E-state index contributed by atoms with van der Waals surface area (Å²) in [6.45, 7) is 5.30. The van der Waals surface area contributed by atoms with Crippen LogP contribution in [0.1, 0.15) is 33.1 Å². The van der Waals surface area contributed by atoms with Crippen LogP contribution in [0.3, 0.4) is 0 Å². The number of nitrogens with one attached hydrogen (secondary N) is 1. The van der Waals surface area contributed by atoms with Gasteiger partial charge in [-0.15, -0.1) is 0 Å². The molecule has 3 aromatic rings. The second-order valence-corrected chi connectivity index (χ2v) is 8.11. The van der Waals surface area contributed by atoms with Crippen molar-refractivity contribution in [3.63, 3.8) is 0 Å². The van der Waals surface area contributed by atoms with E-state index < -0.39 is 11.7 Å². The molecule has 0 aliphatic carbocycles. The van der Waals surface area contributed by atoms with Crippen molar-refractivity contribution < 1.29 is 22.4 Å². The number of halogens is 3. The highest BCUT2D eigenvalue weighted by Gasteiger charge is 2.31. The summed E-state index contributed by atoms with van der Waals surface area (Å²) in [4.78, 5) is 20.7. The van der Waals surface area contributed by atoms with Gasteiger partial charge in [-0.05, 0) is 30.7 Å². The predicted molar refractivity (Wildman–Crippen MR) is 118 cm³/mol. The predicted octanol–water partition coefficient (Wildman–Crippen LogP) is 4.25. The van der Waals surface area contributed by atoms with Crippen LogP contribution in [-0.2, 0) is 19.3 Å². The number of amides is 1. The topological polar surface area (TPSA) is 61.6 Å². The summed E-state index contributed by atoms with van der Waals surface area (Å²) in [6, 6.07) is 13.3. The Morgan fingerprint density at radius 3 is 2.58 bits per heavy atom. The van der Waals surface area contributed by atoms with Gasteiger partial charge in [-0.1, -0.05) is 35.9 Å². The molecule has 1 aliphatic heterocycles. The van der Waals surface area contributed by atoms with Crippen LogP contribution in [-0.4, -0.2) is 42.0 Å². The Morgan fingerprint density at radius 2 is 1.85 bits per heavy atom. The van der Waals surface area contributed by atoms with Gasteiger partial charge in [-0.3, -0.25) is 9.69 Å². The quantitative estimate of drug-likeness (QED) is 0.598. The molecule has 1 aliphatic rings. The highest BCUT2D eigenvalue weighted by molar-refractivity contribution is 5.91. The summed E-state index contributed by atoms with van der Waals surface area (Å²) in [7, 11) is 0. The average molecular weight is 458 g/mol. The van der Waals surface area contributed by atoms with Crippen molar-refractivity contribution in [2.45, 2.75) is 26.2 Å². The van der Waals surface area contributed by atoms with E-state index >= 15 is 0 Å². The first kappa shape index (κ1) is 22.8. The Kier molecular flexibility index (Phi) is 6.69. The second kappa shape index (κ2) is 9.66. The third kappa shape index (κ3) is 5.92. The number of carbonyl (C=O) groups is 1. The highest BCUT2D eigenvalue weighted by Crippen LogP contribution is 2.32. The summed E-state index contributed by atoms with van der Waals surface area (Å²) >= 11 is 0. The molecule has 0 radical (unpaired) electrons. The molecule has 2 aromatic carbocycles. The van der Waals surface area contributed by atoms with E-state index in [1.165, 1.54) is 18.4 Å². The van der Waals surface area contributed by atoms with Gasteiger partial charge in [0.1, 0.15) is 6.26 Å². The summed E-state index contributed by atoms with van der Waals surface area (Å²) in [5.41, 5.74) is 2.27. The van der Waals surface area contributed by atoms with Crippen molar-refractivity contribution in [2.24, 2.45) is 0 Å². The number of aryl methyl sites for hydroxylation is 1. The number of piperazine rings is 1. The lowest BCUT2D eigenvalue weighted by Crippen LogP contribution is -2.46. The van der Waals surface area contributed by atoms with Crippen LogP contribution in [0.5, 0.6) is 0 Å². The lowest BCUT2D eigenvalue weighted by atomic mass is 10.1. The van der Waals surface area contributed by atoms with Gasteiger partial charge >= 0.3 is 6.18 Å². The van der Waals surface area contributed by atoms with Gasteiger partial charge in [0.05, 0.1) is 12.1 Å². The maximum absolute atomic E-state index is 13.0. The molecule has 174 valence electrons. The number of rotatable bonds is 6. The van der Waals surface area contributed by atoms with Crippen LogP contribution >= 0.6 is 0 Å². The highest BCUT2D eigenvalue weighted by atomic mass is 19.4. The zero-order valence-corrected chi connectivity index (χ0v) is 18.2. The molecule has 9 heteroatoms. The third-order valence-electron chi connectivity index (χ3n) is 5.59. The van der Waals surface area contributed by atoms with E-state index in [9.17, 15) is 18.0 Å². The number of nitrogens with zero attached hydrogens (tertiary/aromatic N) is 3. The molecular weight excluding hydrogens is 433 g/mol. The lowest BCUT2D eigenvalue weighted by molar-refractivity contribution is -0.137. The van der Waals surface area contributed by atoms with Crippen molar-refractivity contribution in [1.82, 2.24) is 15.2 Å². The Hall–Kier alpha value is -3.33. The zero-order chi connectivity index (χ0) is 23.4. The van der Waals surface area contributed by atoms with Crippen molar-refractivity contribution in [2.75, 3.05) is 31.1 Å². The van der Waals surface area contributed by atoms with E-state index in [1.807, 2.05) is 36.1 Å². The number of oxazole rings is 1. The number of hydrogen-bond acceptors (Lipinski definition) is 5. The number of anilines is 1. The lowest BCUT2D eigenvalue weighted by Gasteiger charge is -2.35. The first-order chi connectivity index (χ1) is 15.8. The number of benzene rings is 2. The second-order valence-electron chi connectivity index (χ2n) is 8.11. The van der Waals surface area contributed by atoms with E-state index in [2.05, 4.69) is 15.2 Å². The summed E-state index contributed by atoms with van der Waals surface area (Å²) in [5, 5.41) is 2.84. The fourth-order valence-electron chi connectivity index (χ4n) is 3.82. The molecule has 4 rings (SSSR count). The van der Waals surface area contributed by atoms with Gasteiger partial charge in [0, 0.05) is 38.4 Å². The Labute approximate surface area is 190 Å². The standard InChI is InChI=1S/C24H25F3N4O2/c1-17-4-2-5-18(12-17)14-28-23(32)21-16-33-22(29-21)15-30-8-10-31(11-9-30)20-7-3-6-19(13-20)24(25,26)27/h2-7,12-13,16H,8-11,14-15H2,1H3,(H,28,32). The molecule has 0 bridgehead atoms. The fourth-order valence-corrected chi connectivity index (χ4v) is 3.82. The van der Waals surface area contributed by atoms with Crippen LogP contribution in [0.4, 0.5) is 18.9 Å². The summed E-state index contributed by atoms with van der Waals surface area (Å²) < 4.78 is 44.4. The fraction of sp³-hybridized carbons (Fsp3) is 0.333. The van der Waals surface area contributed by atoms with Gasteiger partial charge in [0.25, 0.3) is 5.91 Å². The van der Waals surface area contributed by atoms with E-state index in [1.54, 1.807) is 6.07 Å². The molecule has 0 atom stereocenters. The zero-order valence-electron chi connectivity index (χ0n) is 18.2. The van der Waals surface area contributed by atoms with Gasteiger partial charge in [0.2, 0.25) is 5.89 Å². The molecular formula is C24H25F3N4O2. The van der Waals surface area contributed by atoms with E-state index in [4.69, 9.17) is 4.42 Å². The van der Waals surface area contributed by atoms with Crippen LogP contribution in [0.2, 0.25) is 0 Å². The minimum absolute atomic E-state index is 0.222. The van der Waals surface area contributed by atoms with Gasteiger partial charge in [-0.25, -0.2) is 4.98 Å². The van der Waals surface area contributed by atoms with Crippen molar-refractivity contribution >= 4 is 11.6 Å². The summed E-state index contributed by atoms with van der Waals surface area (Å²) in [5.74, 6) is 0.129. The smallest absolute Gasteiger partial charge is 0.416 e. The molecule has 0 spiro atoms. The average Bonchev–Trinajstić information content (AvgIpc) is 3.26. The molecule has 33 heavy (non-hydrogen) atoms. The molecule has 6 nitrogen and oxygen atoms in total. The largest absolute Gasteiger partial charge is 0.447 e. The summed E-state index contributed by atoms with van der Waals surface area (Å²) in [6.07, 6.45) is -3.01. The van der Waals surface area contributed by atoms with Crippen molar-refractivity contribution in [3.05, 3.63) is 83.1 Å². The maximum atomic E-state index is 13.0.